The van der Waals surface area contributed by atoms with Gasteiger partial charge in [0.15, 0.2) is 0 Å². The Hall–Kier alpha value is -2.12. The summed E-state index contributed by atoms with van der Waals surface area (Å²) in [6.45, 7) is 0.323. The SMILES string of the molecule is O=CNCCCC(=O)NC(CCC(=O)O)C(=O)O. The molecule has 0 aromatic carbocycles. The van der Waals surface area contributed by atoms with Crippen molar-refractivity contribution in [2.45, 2.75) is 31.7 Å². The highest BCUT2D eigenvalue weighted by atomic mass is 16.4. The van der Waals surface area contributed by atoms with E-state index in [-0.39, 0.29) is 19.3 Å². The van der Waals surface area contributed by atoms with Crippen LogP contribution in [0.25, 0.3) is 0 Å². The Morgan fingerprint density at radius 1 is 1.17 bits per heavy atom. The molecule has 0 saturated carbocycles. The van der Waals surface area contributed by atoms with Gasteiger partial charge < -0.3 is 20.8 Å². The van der Waals surface area contributed by atoms with Crippen molar-refractivity contribution in [1.29, 1.82) is 0 Å². The fourth-order valence-electron chi connectivity index (χ4n) is 1.20. The Morgan fingerprint density at radius 2 is 1.83 bits per heavy atom. The molecule has 0 fully saturated rings. The Kier molecular flexibility index (Phi) is 7.91. The van der Waals surface area contributed by atoms with Crippen LogP contribution in [0.5, 0.6) is 0 Å². The number of nitrogens with one attached hydrogen (secondary N) is 2. The molecule has 2 amide bonds. The number of hydrogen-bond acceptors (Lipinski definition) is 4. The van der Waals surface area contributed by atoms with Crippen LogP contribution in [0.15, 0.2) is 0 Å². The molecule has 0 aromatic heterocycles. The van der Waals surface area contributed by atoms with Crippen LogP contribution in [-0.2, 0) is 19.2 Å². The van der Waals surface area contributed by atoms with Crippen molar-refractivity contribution >= 4 is 24.3 Å². The quantitative estimate of drug-likeness (QED) is 0.292. The zero-order chi connectivity index (χ0) is 14.0. The maximum Gasteiger partial charge on any atom is 0.326 e. The second-order valence-corrected chi connectivity index (χ2v) is 3.57. The van der Waals surface area contributed by atoms with Gasteiger partial charge in [0.25, 0.3) is 0 Å². The second-order valence-electron chi connectivity index (χ2n) is 3.57. The molecule has 0 aromatic rings. The molecule has 102 valence electrons. The van der Waals surface area contributed by atoms with Crippen LogP contribution in [-0.4, -0.2) is 47.1 Å². The van der Waals surface area contributed by atoms with Crippen LogP contribution in [0.2, 0.25) is 0 Å². The molecule has 1 unspecified atom stereocenters. The maximum atomic E-state index is 11.3. The third kappa shape index (κ3) is 8.08. The summed E-state index contributed by atoms with van der Waals surface area (Å²) in [5.41, 5.74) is 0. The van der Waals surface area contributed by atoms with E-state index in [1.165, 1.54) is 0 Å². The van der Waals surface area contributed by atoms with Gasteiger partial charge in [-0.05, 0) is 12.8 Å². The minimum atomic E-state index is -1.27. The van der Waals surface area contributed by atoms with E-state index in [9.17, 15) is 19.2 Å². The lowest BCUT2D eigenvalue weighted by Crippen LogP contribution is -2.41. The summed E-state index contributed by atoms with van der Waals surface area (Å²) >= 11 is 0. The average molecular weight is 260 g/mol. The molecule has 4 N–H and O–H groups in total. The van der Waals surface area contributed by atoms with Gasteiger partial charge in [0.1, 0.15) is 6.04 Å². The number of carbonyl (C=O) groups is 4. The van der Waals surface area contributed by atoms with Crippen LogP contribution in [0.1, 0.15) is 25.7 Å². The predicted octanol–water partition coefficient (Wildman–Crippen LogP) is -1.05. The zero-order valence-corrected chi connectivity index (χ0v) is 9.72. The van der Waals surface area contributed by atoms with Crippen LogP contribution in [0.3, 0.4) is 0 Å². The van der Waals surface area contributed by atoms with E-state index in [4.69, 9.17) is 10.2 Å². The Bertz CT molecular complexity index is 317. The highest BCUT2D eigenvalue weighted by Crippen LogP contribution is 1.99. The molecule has 0 bridgehead atoms. The molecule has 0 rings (SSSR count). The van der Waals surface area contributed by atoms with Crippen LogP contribution >= 0.6 is 0 Å². The van der Waals surface area contributed by atoms with Crippen LogP contribution in [0.4, 0.5) is 0 Å². The summed E-state index contributed by atoms with van der Waals surface area (Å²) in [6.07, 6.45) is 0.464. The molecule has 0 saturated heterocycles. The lowest BCUT2D eigenvalue weighted by molar-refractivity contribution is -0.143. The third-order valence-electron chi connectivity index (χ3n) is 2.09. The molecule has 0 aliphatic heterocycles. The Balaban J connectivity index is 3.99. The summed E-state index contributed by atoms with van der Waals surface area (Å²) in [5, 5.41) is 21.8. The number of rotatable bonds is 10. The molecule has 0 heterocycles. The van der Waals surface area contributed by atoms with E-state index in [0.29, 0.717) is 19.4 Å². The number of carbonyl (C=O) groups excluding carboxylic acids is 2. The normalized spacial score (nSPS) is 11.3. The first-order valence-electron chi connectivity index (χ1n) is 5.38. The number of hydrogen-bond donors (Lipinski definition) is 4. The average Bonchev–Trinajstić information content (AvgIpc) is 2.29. The fraction of sp³-hybridized carbons (Fsp3) is 0.600. The molecular weight excluding hydrogens is 244 g/mol. The molecule has 18 heavy (non-hydrogen) atoms. The van der Waals surface area contributed by atoms with Gasteiger partial charge in [0.05, 0.1) is 0 Å². The highest BCUT2D eigenvalue weighted by Gasteiger charge is 2.20. The first-order valence-corrected chi connectivity index (χ1v) is 5.38. The smallest absolute Gasteiger partial charge is 0.326 e. The Labute approximate surface area is 103 Å². The minimum absolute atomic E-state index is 0.0672. The van der Waals surface area contributed by atoms with Crippen LogP contribution < -0.4 is 10.6 Å². The van der Waals surface area contributed by atoms with Crippen molar-refractivity contribution < 1.29 is 29.4 Å². The van der Waals surface area contributed by atoms with Gasteiger partial charge in [-0.15, -0.1) is 0 Å². The van der Waals surface area contributed by atoms with Crippen molar-refractivity contribution in [1.82, 2.24) is 10.6 Å². The van der Waals surface area contributed by atoms with E-state index >= 15 is 0 Å². The summed E-state index contributed by atoms with van der Waals surface area (Å²) in [4.78, 5) is 42.3. The Morgan fingerprint density at radius 3 is 2.33 bits per heavy atom. The monoisotopic (exact) mass is 260 g/mol. The van der Waals surface area contributed by atoms with E-state index < -0.39 is 23.9 Å². The molecule has 8 nitrogen and oxygen atoms in total. The first-order chi connectivity index (χ1) is 8.47. The molecular formula is C10H16N2O6. The van der Waals surface area contributed by atoms with Crippen LogP contribution in [0, 0.1) is 0 Å². The van der Waals surface area contributed by atoms with Gasteiger partial charge >= 0.3 is 11.9 Å². The zero-order valence-electron chi connectivity index (χ0n) is 9.72. The van der Waals surface area contributed by atoms with Gasteiger partial charge in [0.2, 0.25) is 12.3 Å². The van der Waals surface area contributed by atoms with E-state index in [0.717, 1.165) is 0 Å². The fourth-order valence-corrected chi connectivity index (χ4v) is 1.20. The van der Waals surface area contributed by atoms with Crippen molar-refractivity contribution in [2.24, 2.45) is 0 Å². The lowest BCUT2D eigenvalue weighted by Gasteiger charge is -2.13. The predicted molar refractivity (Wildman–Crippen MR) is 59.7 cm³/mol. The van der Waals surface area contributed by atoms with Gasteiger partial charge in [-0.3, -0.25) is 14.4 Å². The molecule has 1 atom stereocenters. The first kappa shape index (κ1) is 15.9. The second kappa shape index (κ2) is 8.97. The molecule has 0 aliphatic carbocycles. The molecule has 8 heteroatoms. The number of carboxylic acid groups (broad SMARTS) is 2. The van der Waals surface area contributed by atoms with Gasteiger partial charge in [-0.2, -0.15) is 0 Å². The van der Waals surface area contributed by atoms with Gasteiger partial charge in [-0.25, -0.2) is 4.79 Å². The van der Waals surface area contributed by atoms with E-state index in [1.54, 1.807) is 0 Å². The summed E-state index contributed by atoms with van der Waals surface area (Å²) in [6, 6.07) is -1.20. The van der Waals surface area contributed by atoms with Gasteiger partial charge in [-0.1, -0.05) is 0 Å². The lowest BCUT2D eigenvalue weighted by atomic mass is 10.1. The third-order valence-corrected chi connectivity index (χ3v) is 2.09. The largest absolute Gasteiger partial charge is 0.481 e. The van der Waals surface area contributed by atoms with E-state index in [1.807, 2.05) is 0 Å². The van der Waals surface area contributed by atoms with Gasteiger partial charge in [0, 0.05) is 19.4 Å². The molecule has 0 aliphatic rings. The standard InChI is InChI=1S/C10H16N2O6/c13-6-11-5-1-2-8(14)12-7(10(17)18)3-4-9(15)16/h6-7H,1-5H2,(H,11,13)(H,12,14)(H,15,16)(H,17,18). The minimum Gasteiger partial charge on any atom is -0.481 e. The maximum absolute atomic E-state index is 11.3. The van der Waals surface area contributed by atoms with Crippen molar-refractivity contribution in [3.63, 3.8) is 0 Å². The van der Waals surface area contributed by atoms with Crippen molar-refractivity contribution in [3.8, 4) is 0 Å². The number of carboxylic acids is 2. The van der Waals surface area contributed by atoms with Crippen molar-refractivity contribution in [2.75, 3.05) is 6.54 Å². The topological polar surface area (TPSA) is 133 Å². The van der Waals surface area contributed by atoms with E-state index in [2.05, 4.69) is 10.6 Å². The molecule has 0 radical (unpaired) electrons. The molecule has 0 spiro atoms. The number of amides is 2. The van der Waals surface area contributed by atoms with Crippen molar-refractivity contribution in [3.05, 3.63) is 0 Å². The number of aliphatic carboxylic acids is 2. The summed E-state index contributed by atoms with van der Waals surface area (Å²) in [7, 11) is 0. The summed E-state index contributed by atoms with van der Waals surface area (Å²) < 4.78 is 0. The summed E-state index contributed by atoms with van der Waals surface area (Å²) in [5.74, 6) is -2.87. The highest BCUT2D eigenvalue weighted by molar-refractivity contribution is 5.83.